The minimum atomic E-state index is 0.857. The van der Waals surface area contributed by atoms with Gasteiger partial charge in [-0.3, -0.25) is 0 Å². The Labute approximate surface area is 57.8 Å². The summed E-state index contributed by atoms with van der Waals surface area (Å²) in [6, 6.07) is 0. The summed E-state index contributed by atoms with van der Waals surface area (Å²) in [7, 11) is 2.11. The Bertz CT molecular complexity index is 40.2. The van der Waals surface area contributed by atoms with Crippen LogP contribution in [0, 0.1) is 0 Å². The van der Waals surface area contributed by atoms with Crippen molar-refractivity contribution in [3.8, 4) is 0 Å². The zero-order chi connectivity index (χ0) is 6.95. The Morgan fingerprint density at radius 1 is 1.11 bits per heavy atom. The third kappa shape index (κ3) is 7.92. The summed E-state index contributed by atoms with van der Waals surface area (Å²) in [6.07, 6.45) is 5.20. The van der Waals surface area contributed by atoms with Crippen molar-refractivity contribution in [2.24, 2.45) is 5.73 Å². The van der Waals surface area contributed by atoms with Gasteiger partial charge in [-0.25, -0.2) is 0 Å². The fourth-order valence-electron chi connectivity index (χ4n) is 0.846. The van der Waals surface area contributed by atoms with Crippen LogP contribution >= 0.6 is 0 Å². The molecule has 0 aliphatic heterocycles. The molecule has 0 aliphatic carbocycles. The lowest BCUT2D eigenvalue weighted by Crippen LogP contribution is -2.79. The normalized spacial score (nSPS) is 10.0. The van der Waals surface area contributed by atoms with Crippen LogP contribution in [0.25, 0.3) is 0 Å². The van der Waals surface area contributed by atoms with E-state index in [9.17, 15) is 0 Å². The summed E-state index contributed by atoms with van der Waals surface area (Å²) in [5.41, 5.74) is 5.34. The van der Waals surface area contributed by atoms with Crippen LogP contribution in [-0.2, 0) is 0 Å². The van der Waals surface area contributed by atoms with Crippen molar-refractivity contribution in [3.05, 3.63) is 0 Å². The molecular weight excluding hydrogens is 112 g/mol. The van der Waals surface area contributed by atoms with Crippen molar-refractivity contribution in [3.63, 3.8) is 0 Å². The molecule has 0 aromatic heterocycles. The van der Waals surface area contributed by atoms with Crippen molar-refractivity contribution >= 4 is 0 Å². The molecule has 0 amide bonds. The maximum Gasteiger partial charge on any atom is 0.0753 e. The topological polar surface area (TPSA) is 42.6 Å². The molecule has 0 spiro atoms. The number of nitrogens with two attached hydrogens (primary N) is 2. The lowest BCUT2D eigenvalue weighted by molar-refractivity contribution is -0.627. The van der Waals surface area contributed by atoms with E-state index in [1.807, 2.05) is 0 Å². The van der Waals surface area contributed by atoms with Gasteiger partial charge in [0.2, 0.25) is 0 Å². The first kappa shape index (κ1) is 8.92. The van der Waals surface area contributed by atoms with E-state index in [-0.39, 0.29) is 0 Å². The van der Waals surface area contributed by atoms with E-state index in [0.717, 1.165) is 6.54 Å². The molecule has 2 nitrogen and oxygen atoms in total. The van der Waals surface area contributed by atoms with Crippen molar-refractivity contribution in [1.29, 1.82) is 0 Å². The number of hydrogen-bond acceptors (Lipinski definition) is 1. The van der Waals surface area contributed by atoms with E-state index in [2.05, 4.69) is 12.4 Å². The molecule has 0 aromatic carbocycles. The van der Waals surface area contributed by atoms with Crippen LogP contribution in [0.4, 0.5) is 0 Å². The monoisotopic (exact) mass is 131 g/mol. The van der Waals surface area contributed by atoms with E-state index in [4.69, 9.17) is 5.73 Å². The third-order valence-corrected chi connectivity index (χ3v) is 1.45. The SMILES string of the molecule is C[NH2+]CCCCCCN. The second-order valence-corrected chi connectivity index (χ2v) is 2.40. The van der Waals surface area contributed by atoms with Gasteiger partial charge in [-0.15, -0.1) is 0 Å². The largest absolute Gasteiger partial charge is 0.349 e. The van der Waals surface area contributed by atoms with Crippen molar-refractivity contribution in [2.75, 3.05) is 20.1 Å². The molecule has 0 saturated heterocycles. The summed E-state index contributed by atoms with van der Waals surface area (Å²) in [6.45, 7) is 2.13. The van der Waals surface area contributed by atoms with Gasteiger partial charge in [-0.1, -0.05) is 6.42 Å². The number of rotatable bonds is 6. The van der Waals surface area contributed by atoms with Crippen LogP contribution in [0.5, 0.6) is 0 Å². The van der Waals surface area contributed by atoms with E-state index >= 15 is 0 Å². The lowest BCUT2D eigenvalue weighted by Gasteiger charge is -1.95. The summed E-state index contributed by atoms with van der Waals surface area (Å²) in [5, 5.41) is 2.22. The predicted molar refractivity (Wildman–Crippen MR) is 40.2 cm³/mol. The van der Waals surface area contributed by atoms with Gasteiger partial charge >= 0.3 is 0 Å². The van der Waals surface area contributed by atoms with Gasteiger partial charge in [0.1, 0.15) is 0 Å². The number of unbranched alkanes of at least 4 members (excludes halogenated alkanes) is 3. The van der Waals surface area contributed by atoms with Crippen LogP contribution in [0.15, 0.2) is 0 Å². The van der Waals surface area contributed by atoms with Crippen molar-refractivity contribution in [1.82, 2.24) is 0 Å². The molecule has 0 heterocycles. The zero-order valence-corrected chi connectivity index (χ0v) is 6.40. The van der Waals surface area contributed by atoms with E-state index in [1.54, 1.807) is 0 Å². The highest BCUT2D eigenvalue weighted by Crippen LogP contribution is 1.95. The Morgan fingerprint density at radius 3 is 2.33 bits per heavy atom. The summed E-state index contributed by atoms with van der Waals surface area (Å²) < 4.78 is 0. The molecular formula is C7H19N2+. The molecule has 0 unspecified atom stereocenters. The van der Waals surface area contributed by atoms with Crippen LogP contribution < -0.4 is 11.1 Å². The Morgan fingerprint density at radius 2 is 1.78 bits per heavy atom. The van der Waals surface area contributed by atoms with Crippen LogP contribution in [-0.4, -0.2) is 20.1 Å². The molecule has 0 bridgehead atoms. The van der Waals surface area contributed by atoms with Crippen LogP contribution in [0.1, 0.15) is 25.7 Å². The van der Waals surface area contributed by atoms with E-state index in [0.29, 0.717) is 0 Å². The zero-order valence-electron chi connectivity index (χ0n) is 6.40. The maximum atomic E-state index is 5.34. The van der Waals surface area contributed by atoms with Crippen molar-refractivity contribution in [2.45, 2.75) is 25.7 Å². The Hall–Kier alpha value is -0.0800. The Balaban J connectivity index is 2.60. The highest BCUT2D eigenvalue weighted by molar-refractivity contribution is 4.41. The van der Waals surface area contributed by atoms with Crippen LogP contribution in [0.2, 0.25) is 0 Å². The van der Waals surface area contributed by atoms with Gasteiger partial charge in [-0.2, -0.15) is 0 Å². The van der Waals surface area contributed by atoms with Gasteiger partial charge < -0.3 is 11.1 Å². The van der Waals surface area contributed by atoms with Gasteiger partial charge in [0.25, 0.3) is 0 Å². The molecule has 4 N–H and O–H groups in total. The lowest BCUT2D eigenvalue weighted by atomic mass is 10.2. The predicted octanol–water partition coefficient (Wildman–Crippen LogP) is -0.301. The fraction of sp³-hybridized carbons (Fsp3) is 1.00. The minimum Gasteiger partial charge on any atom is -0.349 e. The highest BCUT2D eigenvalue weighted by Gasteiger charge is 1.87. The molecule has 0 radical (unpaired) electrons. The third-order valence-electron chi connectivity index (χ3n) is 1.45. The molecule has 9 heavy (non-hydrogen) atoms. The Kier molecular flexibility index (Phi) is 7.85. The highest BCUT2D eigenvalue weighted by atomic mass is 14.8. The van der Waals surface area contributed by atoms with Crippen LogP contribution in [0.3, 0.4) is 0 Å². The smallest absolute Gasteiger partial charge is 0.0753 e. The second-order valence-electron chi connectivity index (χ2n) is 2.40. The molecule has 0 atom stereocenters. The first-order valence-electron chi connectivity index (χ1n) is 3.89. The first-order chi connectivity index (χ1) is 4.41. The minimum absolute atomic E-state index is 0.857. The van der Waals surface area contributed by atoms with E-state index < -0.39 is 0 Å². The van der Waals surface area contributed by atoms with Gasteiger partial charge in [-0.05, 0) is 25.8 Å². The average Bonchev–Trinajstić information content (AvgIpc) is 1.89. The van der Waals surface area contributed by atoms with E-state index in [1.165, 1.54) is 32.2 Å². The van der Waals surface area contributed by atoms with Crippen molar-refractivity contribution < 1.29 is 5.32 Å². The molecule has 0 aromatic rings. The summed E-state index contributed by atoms with van der Waals surface area (Å²) in [5.74, 6) is 0. The molecule has 56 valence electrons. The number of hydrogen-bond donors (Lipinski definition) is 2. The summed E-state index contributed by atoms with van der Waals surface area (Å²) >= 11 is 0. The molecule has 0 saturated carbocycles. The summed E-state index contributed by atoms with van der Waals surface area (Å²) in [4.78, 5) is 0. The quantitative estimate of drug-likeness (QED) is 0.477. The molecule has 0 rings (SSSR count). The molecule has 2 heteroatoms. The fourth-order valence-corrected chi connectivity index (χ4v) is 0.846. The molecule has 0 aliphatic rings. The first-order valence-corrected chi connectivity index (χ1v) is 3.89. The average molecular weight is 131 g/mol. The second kappa shape index (κ2) is 7.92. The van der Waals surface area contributed by atoms with Gasteiger partial charge in [0.05, 0.1) is 13.6 Å². The maximum absolute atomic E-state index is 5.34. The standard InChI is InChI=1S/C7H18N2/c1-9-7-5-3-2-4-6-8/h9H,2-8H2,1H3/p+1. The van der Waals surface area contributed by atoms with Gasteiger partial charge in [0, 0.05) is 0 Å². The molecule has 0 fully saturated rings. The van der Waals surface area contributed by atoms with Gasteiger partial charge in [0.15, 0.2) is 0 Å². The number of quaternary nitrogens is 1.